The Kier molecular flexibility index (Phi) is 6.22. The summed E-state index contributed by atoms with van der Waals surface area (Å²) < 4.78 is 1.16. The number of fused-ring (bicyclic) bond motifs is 1. The molecule has 0 radical (unpaired) electrons. The maximum atomic E-state index is 12.5. The minimum atomic E-state index is -0.508. The molecule has 0 aliphatic heterocycles. The van der Waals surface area contributed by atoms with Crippen molar-refractivity contribution in [3.8, 4) is 16.6 Å². The Morgan fingerprint density at radius 1 is 1.09 bits per heavy atom. The first kappa shape index (κ1) is 21.6. The molecule has 4 aromatic rings. The summed E-state index contributed by atoms with van der Waals surface area (Å²) in [5.41, 5.74) is 5.34. The lowest BCUT2D eigenvalue weighted by atomic mass is 10.2. The van der Waals surface area contributed by atoms with E-state index in [2.05, 4.69) is 29.7 Å². The lowest BCUT2D eigenvalue weighted by Gasteiger charge is -2.08. The summed E-state index contributed by atoms with van der Waals surface area (Å²) in [6.07, 6.45) is 1.39. The first-order valence-electron chi connectivity index (χ1n) is 9.85. The van der Waals surface area contributed by atoms with Crippen LogP contribution in [0.25, 0.3) is 20.8 Å². The number of rotatable bonds is 5. The van der Waals surface area contributed by atoms with Crippen molar-refractivity contribution in [2.45, 2.75) is 13.8 Å². The Balaban J connectivity index is 1.47. The van der Waals surface area contributed by atoms with Gasteiger partial charge in [0.25, 0.3) is 5.91 Å². The maximum Gasteiger partial charge on any atom is 0.267 e. The fourth-order valence-corrected chi connectivity index (χ4v) is 4.33. The zero-order valence-corrected chi connectivity index (χ0v) is 19.0. The van der Waals surface area contributed by atoms with Crippen LogP contribution < -0.4 is 10.6 Å². The Bertz CT molecular complexity index is 1380. The van der Waals surface area contributed by atoms with Gasteiger partial charge in [-0.3, -0.25) is 4.79 Å². The van der Waals surface area contributed by atoms with E-state index < -0.39 is 5.91 Å². The van der Waals surface area contributed by atoms with E-state index in [1.165, 1.54) is 11.8 Å². The van der Waals surface area contributed by atoms with Crippen molar-refractivity contribution >= 4 is 50.4 Å². The van der Waals surface area contributed by atoms with E-state index >= 15 is 0 Å². The van der Waals surface area contributed by atoms with Crippen LogP contribution in [0.1, 0.15) is 11.1 Å². The Labute approximate surface area is 195 Å². The van der Waals surface area contributed by atoms with Crippen molar-refractivity contribution in [1.29, 1.82) is 5.26 Å². The third-order valence-electron chi connectivity index (χ3n) is 4.87. The largest absolute Gasteiger partial charge is 0.360 e. The number of nitrogens with zero attached hydrogens (tertiary/aromatic N) is 2. The molecular formula is C25H19ClN4OS. The van der Waals surface area contributed by atoms with Crippen LogP contribution in [0.15, 0.2) is 72.4 Å². The number of amides is 1. The number of nitrogens with one attached hydrogen (secondary N) is 2. The summed E-state index contributed by atoms with van der Waals surface area (Å²) in [5, 5.41) is 16.6. The number of aryl methyl sites for hydroxylation is 2. The molecule has 2 N–H and O–H groups in total. The number of halogens is 1. The van der Waals surface area contributed by atoms with Gasteiger partial charge < -0.3 is 10.6 Å². The SMILES string of the molecule is Cc1ccc2nc(-c3ccc(N/C=C(/C#N)C(=O)Nc4cc(Cl)ccc4C)cc3)sc2c1. The number of hydrogen-bond acceptors (Lipinski definition) is 5. The monoisotopic (exact) mass is 458 g/mol. The molecule has 1 heterocycles. The van der Waals surface area contributed by atoms with Crippen molar-refractivity contribution in [3.05, 3.63) is 88.6 Å². The van der Waals surface area contributed by atoms with Gasteiger partial charge >= 0.3 is 0 Å². The summed E-state index contributed by atoms with van der Waals surface area (Å²) in [6.45, 7) is 3.92. The standard InChI is InChI=1S/C25H19ClN4OS/c1-15-3-10-21-23(11-15)32-25(30-21)17-5-8-20(9-6-17)28-14-18(13-27)24(31)29-22-12-19(26)7-4-16(22)2/h3-12,14,28H,1-2H3,(H,29,31)/b18-14-. The van der Waals surface area contributed by atoms with Crippen LogP contribution in [0.2, 0.25) is 5.02 Å². The molecule has 1 aromatic heterocycles. The number of hydrogen-bond donors (Lipinski definition) is 2. The van der Waals surface area contributed by atoms with Gasteiger partial charge in [0.05, 0.1) is 10.2 Å². The van der Waals surface area contributed by atoms with Crippen LogP contribution >= 0.6 is 22.9 Å². The molecule has 0 saturated carbocycles. The average Bonchev–Trinajstić information content (AvgIpc) is 3.20. The smallest absolute Gasteiger partial charge is 0.267 e. The van der Waals surface area contributed by atoms with Crippen molar-refractivity contribution in [1.82, 2.24) is 4.98 Å². The lowest BCUT2D eigenvalue weighted by Crippen LogP contribution is -2.15. The minimum Gasteiger partial charge on any atom is -0.360 e. The molecule has 5 nitrogen and oxygen atoms in total. The van der Waals surface area contributed by atoms with E-state index in [9.17, 15) is 10.1 Å². The molecule has 4 rings (SSSR count). The molecule has 32 heavy (non-hydrogen) atoms. The highest BCUT2D eigenvalue weighted by atomic mass is 35.5. The van der Waals surface area contributed by atoms with Crippen LogP contribution in [0.5, 0.6) is 0 Å². The first-order chi connectivity index (χ1) is 15.4. The van der Waals surface area contributed by atoms with Gasteiger partial charge in [-0.1, -0.05) is 23.7 Å². The third-order valence-corrected chi connectivity index (χ3v) is 6.17. The molecule has 0 aliphatic carbocycles. The number of aromatic nitrogens is 1. The van der Waals surface area contributed by atoms with Crippen LogP contribution in [-0.2, 0) is 4.79 Å². The van der Waals surface area contributed by atoms with Gasteiger partial charge in [0, 0.05) is 28.2 Å². The van der Waals surface area contributed by atoms with Crippen LogP contribution in [0, 0.1) is 25.2 Å². The summed E-state index contributed by atoms with van der Waals surface area (Å²) in [7, 11) is 0. The molecule has 7 heteroatoms. The molecule has 0 aliphatic rings. The Morgan fingerprint density at radius 3 is 2.62 bits per heavy atom. The summed E-state index contributed by atoms with van der Waals surface area (Å²) in [4.78, 5) is 17.2. The van der Waals surface area contributed by atoms with Gasteiger partial charge in [-0.15, -0.1) is 11.3 Å². The van der Waals surface area contributed by atoms with Crippen LogP contribution in [0.4, 0.5) is 11.4 Å². The second-order valence-corrected chi connectivity index (χ2v) is 8.76. The molecule has 0 atom stereocenters. The maximum absolute atomic E-state index is 12.5. The summed E-state index contributed by atoms with van der Waals surface area (Å²) >= 11 is 7.65. The van der Waals surface area contributed by atoms with Crippen molar-refractivity contribution in [2.75, 3.05) is 10.6 Å². The summed E-state index contributed by atoms with van der Waals surface area (Å²) in [6, 6.07) is 21.0. The molecule has 0 fully saturated rings. The van der Waals surface area contributed by atoms with E-state index in [4.69, 9.17) is 16.6 Å². The number of anilines is 2. The predicted octanol–water partition coefficient (Wildman–Crippen LogP) is 6.69. The van der Waals surface area contributed by atoms with Crippen LogP contribution in [0.3, 0.4) is 0 Å². The Morgan fingerprint density at radius 2 is 1.88 bits per heavy atom. The Hall–Kier alpha value is -3.66. The van der Waals surface area contributed by atoms with E-state index in [0.29, 0.717) is 10.7 Å². The fraction of sp³-hybridized carbons (Fsp3) is 0.0800. The highest BCUT2D eigenvalue weighted by Gasteiger charge is 2.11. The first-order valence-corrected chi connectivity index (χ1v) is 11.0. The van der Waals surface area contributed by atoms with Gasteiger partial charge in [-0.05, 0) is 73.5 Å². The van der Waals surface area contributed by atoms with Gasteiger partial charge in [0.2, 0.25) is 0 Å². The fourth-order valence-electron chi connectivity index (χ4n) is 3.09. The van der Waals surface area contributed by atoms with Gasteiger partial charge in [-0.25, -0.2) is 4.98 Å². The second-order valence-electron chi connectivity index (χ2n) is 7.30. The molecular weight excluding hydrogens is 440 g/mol. The molecule has 0 saturated heterocycles. The van der Waals surface area contributed by atoms with Gasteiger partial charge in [0.1, 0.15) is 16.6 Å². The zero-order valence-electron chi connectivity index (χ0n) is 17.4. The van der Waals surface area contributed by atoms with E-state index in [0.717, 1.165) is 32.0 Å². The van der Waals surface area contributed by atoms with Crippen molar-refractivity contribution in [3.63, 3.8) is 0 Å². The van der Waals surface area contributed by atoms with Gasteiger partial charge in [-0.2, -0.15) is 5.26 Å². The molecule has 3 aromatic carbocycles. The molecule has 0 bridgehead atoms. The molecule has 0 unspecified atom stereocenters. The van der Waals surface area contributed by atoms with Gasteiger partial charge in [0.15, 0.2) is 0 Å². The normalized spacial score (nSPS) is 11.2. The van der Waals surface area contributed by atoms with Crippen LogP contribution in [-0.4, -0.2) is 10.9 Å². The number of carbonyl (C=O) groups excluding carboxylic acids is 1. The van der Waals surface area contributed by atoms with E-state index in [1.807, 2.05) is 43.3 Å². The van der Waals surface area contributed by atoms with Crippen molar-refractivity contribution < 1.29 is 4.79 Å². The quantitative estimate of drug-likeness (QED) is 0.258. The number of nitriles is 1. The predicted molar refractivity (Wildman–Crippen MR) is 132 cm³/mol. The molecule has 0 spiro atoms. The number of carbonyl (C=O) groups is 1. The zero-order chi connectivity index (χ0) is 22.7. The topological polar surface area (TPSA) is 77.8 Å². The van der Waals surface area contributed by atoms with Crippen molar-refractivity contribution in [2.24, 2.45) is 0 Å². The average molecular weight is 459 g/mol. The third kappa shape index (κ3) is 4.80. The second kappa shape index (κ2) is 9.23. The van der Waals surface area contributed by atoms with E-state index in [-0.39, 0.29) is 5.57 Å². The number of benzene rings is 3. The summed E-state index contributed by atoms with van der Waals surface area (Å²) in [5.74, 6) is -0.508. The minimum absolute atomic E-state index is 0.0463. The van der Waals surface area contributed by atoms with E-state index in [1.54, 1.807) is 29.5 Å². The highest BCUT2D eigenvalue weighted by Crippen LogP contribution is 2.31. The number of thiazole rings is 1. The lowest BCUT2D eigenvalue weighted by molar-refractivity contribution is -0.112. The highest BCUT2D eigenvalue weighted by molar-refractivity contribution is 7.21. The molecule has 158 valence electrons. The molecule has 1 amide bonds.